The number of rotatable bonds is 6. The molecule has 1 fully saturated rings. The lowest BCUT2D eigenvalue weighted by atomic mass is 9.95. The smallest absolute Gasteiger partial charge is 0.228 e. The summed E-state index contributed by atoms with van der Waals surface area (Å²) in [7, 11) is 1.91. The van der Waals surface area contributed by atoms with E-state index in [0.717, 1.165) is 65.8 Å². The Balaban J connectivity index is 1.34. The summed E-state index contributed by atoms with van der Waals surface area (Å²) in [4.78, 5) is 32.7. The molecule has 8 heteroatoms. The topological polar surface area (TPSA) is 89.3 Å². The molecule has 0 spiro atoms. The van der Waals surface area contributed by atoms with E-state index in [-0.39, 0.29) is 11.7 Å². The zero-order valence-corrected chi connectivity index (χ0v) is 24.8. The van der Waals surface area contributed by atoms with Crippen LogP contribution in [-0.4, -0.2) is 45.7 Å². The standard InChI is InChI=1S/C36H33N5O3/c1-23(42)41-34-9-4-3-8-30(34)36(43)35(41)19-29-18-31(26-7-5-6-25(17-26)27-21-38-40(2)22-27)32-16-24(10-11-33(32)39-29)20-37-28-12-14-44-15-13-28/h3-11,16-19,21-22,28,37H,12-15,20H2,1-2H3/b35-19+. The van der Waals surface area contributed by atoms with E-state index in [9.17, 15) is 9.59 Å². The molecule has 3 aromatic carbocycles. The third-order valence-corrected chi connectivity index (χ3v) is 8.38. The SMILES string of the molecule is CC(=O)N1/C(=C/c2cc(-c3cccc(-c4cnn(C)c4)c3)c3cc(CNC4CCOCC4)ccc3n2)C(=O)c2ccccc21. The van der Waals surface area contributed by atoms with Gasteiger partial charge in [0.25, 0.3) is 0 Å². The normalized spacial score (nSPS) is 16.2. The van der Waals surface area contributed by atoms with Gasteiger partial charge in [0, 0.05) is 62.5 Å². The van der Waals surface area contributed by atoms with Crippen molar-refractivity contribution in [2.24, 2.45) is 7.05 Å². The summed E-state index contributed by atoms with van der Waals surface area (Å²) in [6.07, 6.45) is 7.62. The average molecular weight is 584 g/mol. The number of carbonyl (C=O) groups is 2. The Morgan fingerprint density at radius 3 is 2.59 bits per heavy atom. The number of benzene rings is 3. The van der Waals surface area contributed by atoms with Gasteiger partial charge in [0.05, 0.1) is 28.8 Å². The molecular formula is C36H33N5O3. The Hall–Kier alpha value is -4.92. The van der Waals surface area contributed by atoms with Gasteiger partial charge in [-0.25, -0.2) is 4.98 Å². The van der Waals surface area contributed by atoms with Crippen LogP contribution in [-0.2, 0) is 23.1 Å². The number of hydrogen-bond donors (Lipinski definition) is 1. The molecular weight excluding hydrogens is 550 g/mol. The maximum atomic E-state index is 13.5. The molecule has 0 radical (unpaired) electrons. The predicted molar refractivity (Wildman–Crippen MR) is 172 cm³/mol. The number of nitrogens with one attached hydrogen (secondary N) is 1. The fraction of sp³-hybridized carbons (Fsp3) is 0.222. The lowest BCUT2D eigenvalue weighted by Crippen LogP contribution is -2.34. The molecule has 0 unspecified atom stereocenters. The van der Waals surface area contributed by atoms with Crippen molar-refractivity contribution >= 4 is 34.4 Å². The van der Waals surface area contributed by atoms with E-state index in [1.165, 1.54) is 17.4 Å². The van der Waals surface area contributed by atoms with Crippen LogP contribution in [0.2, 0.25) is 0 Å². The minimum Gasteiger partial charge on any atom is -0.381 e. The van der Waals surface area contributed by atoms with Crippen molar-refractivity contribution in [3.63, 3.8) is 0 Å². The number of nitrogens with zero attached hydrogens (tertiary/aromatic N) is 4. The Bertz CT molecular complexity index is 1940. The lowest BCUT2D eigenvalue weighted by molar-refractivity contribution is -0.116. The van der Waals surface area contributed by atoms with Gasteiger partial charge >= 0.3 is 0 Å². The summed E-state index contributed by atoms with van der Waals surface area (Å²) >= 11 is 0. The molecule has 1 saturated heterocycles. The van der Waals surface area contributed by atoms with Crippen molar-refractivity contribution in [3.8, 4) is 22.3 Å². The van der Waals surface area contributed by atoms with Gasteiger partial charge in [-0.2, -0.15) is 5.10 Å². The highest BCUT2D eigenvalue weighted by atomic mass is 16.5. The van der Waals surface area contributed by atoms with Gasteiger partial charge in [-0.1, -0.05) is 36.4 Å². The quantitative estimate of drug-likeness (QED) is 0.241. The van der Waals surface area contributed by atoms with Crippen LogP contribution in [0.3, 0.4) is 0 Å². The highest BCUT2D eigenvalue weighted by molar-refractivity contribution is 6.26. The number of fused-ring (bicyclic) bond motifs is 2. The van der Waals surface area contributed by atoms with E-state index in [2.05, 4.69) is 40.7 Å². The first-order valence-corrected chi connectivity index (χ1v) is 14.9. The number of para-hydroxylation sites is 1. The third kappa shape index (κ3) is 5.34. The zero-order valence-electron chi connectivity index (χ0n) is 24.8. The van der Waals surface area contributed by atoms with Gasteiger partial charge in [0.1, 0.15) is 0 Å². The van der Waals surface area contributed by atoms with Crippen LogP contribution >= 0.6 is 0 Å². The number of amides is 1. The van der Waals surface area contributed by atoms with Crippen molar-refractivity contribution < 1.29 is 14.3 Å². The van der Waals surface area contributed by atoms with Crippen molar-refractivity contribution in [1.29, 1.82) is 0 Å². The molecule has 4 heterocycles. The number of hydrogen-bond acceptors (Lipinski definition) is 6. The molecule has 2 aromatic heterocycles. The molecule has 44 heavy (non-hydrogen) atoms. The molecule has 0 aliphatic carbocycles. The summed E-state index contributed by atoms with van der Waals surface area (Å²) in [5.41, 5.74) is 8.12. The van der Waals surface area contributed by atoms with Gasteiger partial charge in [0.2, 0.25) is 11.7 Å². The molecule has 2 aliphatic heterocycles. The summed E-state index contributed by atoms with van der Waals surface area (Å²) < 4.78 is 7.31. The maximum absolute atomic E-state index is 13.5. The molecule has 0 bridgehead atoms. The number of aromatic nitrogens is 3. The van der Waals surface area contributed by atoms with Gasteiger partial charge in [-0.15, -0.1) is 0 Å². The highest BCUT2D eigenvalue weighted by Gasteiger charge is 2.34. The van der Waals surface area contributed by atoms with Crippen LogP contribution in [0.5, 0.6) is 0 Å². The first kappa shape index (κ1) is 27.9. The van der Waals surface area contributed by atoms with Crippen molar-refractivity contribution in [2.45, 2.75) is 32.4 Å². The second-order valence-corrected chi connectivity index (χ2v) is 11.4. The Morgan fingerprint density at radius 2 is 1.80 bits per heavy atom. The molecule has 220 valence electrons. The monoisotopic (exact) mass is 583 g/mol. The number of ketones is 1. The minimum atomic E-state index is -0.221. The third-order valence-electron chi connectivity index (χ3n) is 8.38. The van der Waals surface area contributed by atoms with Crippen molar-refractivity contribution in [2.75, 3.05) is 18.1 Å². The fourth-order valence-corrected chi connectivity index (χ4v) is 6.16. The Labute approximate surface area is 256 Å². The number of Topliss-reactive ketones (excluding diaryl/α,β-unsaturated/α-hetero) is 1. The number of aryl methyl sites for hydroxylation is 1. The summed E-state index contributed by atoms with van der Waals surface area (Å²) in [6.45, 7) is 3.82. The van der Waals surface area contributed by atoms with Gasteiger partial charge in [-0.05, 0) is 77.6 Å². The number of pyridine rings is 1. The molecule has 2 aliphatic rings. The molecule has 1 N–H and O–H groups in total. The average Bonchev–Trinajstić information content (AvgIpc) is 3.61. The fourth-order valence-electron chi connectivity index (χ4n) is 6.16. The number of ether oxygens (including phenoxy) is 1. The van der Waals surface area contributed by atoms with E-state index in [1.54, 1.807) is 22.9 Å². The minimum absolute atomic E-state index is 0.188. The van der Waals surface area contributed by atoms with E-state index < -0.39 is 0 Å². The van der Waals surface area contributed by atoms with Gasteiger partial charge in [0.15, 0.2) is 0 Å². The summed E-state index contributed by atoms with van der Waals surface area (Å²) in [6, 6.07) is 24.4. The Kier molecular flexibility index (Phi) is 7.37. The van der Waals surface area contributed by atoms with E-state index in [4.69, 9.17) is 9.72 Å². The lowest BCUT2D eigenvalue weighted by Gasteiger charge is -2.23. The second-order valence-electron chi connectivity index (χ2n) is 11.4. The van der Waals surface area contributed by atoms with Crippen LogP contribution in [0.25, 0.3) is 39.2 Å². The highest BCUT2D eigenvalue weighted by Crippen LogP contribution is 2.37. The van der Waals surface area contributed by atoms with Crippen molar-refractivity contribution in [3.05, 3.63) is 108 Å². The molecule has 7 rings (SSSR count). The number of carbonyl (C=O) groups excluding carboxylic acids is 2. The van der Waals surface area contributed by atoms with Crippen LogP contribution in [0.1, 0.15) is 41.4 Å². The van der Waals surface area contributed by atoms with Gasteiger partial charge < -0.3 is 10.1 Å². The summed E-state index contributed by atoms with van der Waals surface area (Å²) in [5.74, 6) is -0.409. The first-order chi connectivity index (χ1) is 21.4. The molecule has 1 amide bonds. The van der Waals surface area contributed by atoms with Crippen LogP contribution < -0.4 is 10.2 Å². The predicted octanol–water partition coefficient (Wildman–Crippen LogP) is 6.16. The largest absolute Gasteiger partial charge is 0.381 e. The van der Waals surface area contributed by atoms with E-state index >= 15 is 0 Å². The van der Waals surface area contributed by atoms with E-state index in [0.29, 0.717) is 28.7 Å². The molecule has 8 nitrogen and oxygen atoms in total. The van der Waals surface area contributed by atoms with Crippen LogP contribution in [0, 0.1) is 0 Å². The molecule has 0 saturated carbocycles. The Morgan fingerprint density at radius 1 is 0.977 bits per heavy atom. The summed E-state index contributed by atoms with van der Waals surface area (Å²) in [5, 5.41) is 9.06. The number of allylic oxidation sites excluding steroid dienone is 1. The number of anilines is 1. The van der Waals surface area contributed by atoms with E-state index in [1.807, 2.05) is 49.8 Å². The zero-order chi connectivity index (χ0) is 30.2. The second kappa shape index (κ2) is 11.6. The van der Waals surface area contributed by atoms with Crippen LogP contribution in [0.4, 0.5) is 5.69 Å². The maximum Gasteiger partial charge on any atom is 0.228 e. The molecule has 0 atom stereocenters. The molecule has 5 aromatic rings. The first-order valence-electron chi connectivity index (χ1n) is 14.9. The van der Waals surface area contributed by atoms with Crippen molar-refractivity contribution in [1.82, 2.24) is 20.1 Å². The van der Waals surface area contributed by atoms with Gasteiger partial charge in [-0.3, -0.25) is 19.2 Å². The van der Waals surface area contributed by atoms with Crippen LogP contribution in [0.15, 0.2) is 90.9 Å².